The fourth-order valence-corrected chi connectivity index (χ4v) is 5.76. The number of ether oxygens (including phenoxy) is 2. The van der Waals surface area contributed by atoms with Gasteiger partial charge in [0.2, 0.25) is 0 Å². The number of thioether (sulfide) groups is 1. The summed E-state index contributed by atoms with van der Waals surface area (Å²) in [5.74, 6) is 1.48. The molecule has 1 aliphatic carbocycles. The van der Waals surface area contributed by atoms with E-state index in [0.717, 1.165) is 46.7 Å². The molecule has 0 unspecified atom stereocenters. The standard InChI is InChI=1S/C21H24N2O3S2/c1-3-26-11-12-27-21-22-19-18(16-9-4-5-10-17(16)28-19)20(24)23(21)14-7-6-8-15(13-14)25-2/h6-8,13H,3-5,9-12H2,1-2H3. The van der Waals surface area contributed by atoms with Crippen LogP contribution in [0.2, 0.25) is 0 Å². The van der Waals surface area contributed by atoms with Crippen molar-refractivity contribution < 1.29 is 9.47 Å². The van der Waals surface area contributed by atoms with Gasteiger partial charge in [0.1, 0.15) is 10.6 Å². The average Bonchev–Trinajstić information content (AvgIpc) is 3.10. The normalized spacial score (nSPS) is 13.6. The zero-order valence-electron chi connectivity index (χ0n) is 16.2. The molecular weight excluding hydrogens is 392 g/mol. The molecule has 2 heterocycles. The number of nitrogens with zero attached hydrogens (tertiary/aromatic N) is 2. The van der Waals surface area contributed by atoms with Gasteiger partial charge >= 0.3 is 0 Å². The Hall–Kier alpha value is -1.83. The number of thiophene rings is 1. The fourth-order valence-electron chi connectivity index (χ4n) is 3.60. The molecule has 0 amide bonds. The lowest BCUT2D eigenvalue weighted by Crippen LogP contribution is -2.22. The number of aromatic nitrogens is 2. The van der Waals surface area contributed by atoms with Crippen LogP contribution in [0, 0.1) is 0 Å². The minimum Gasteiger partial charge on any atom is -0.497 e. The predicted octanol–water partition coefficient (Wildman–Crippen LogP) is 4.46. The highest BCUT2D eigenvalue weighted by atomic mass is 32.2. The molecule has 148 valence electrons. The van der Waals surface area contributed by atoms with E-state index in [1.807, 2.05) is 31.2 Å². The number of hydrogen-bond acceptors (Lipinski definition) is 6. The van der Waals surface area contributed by atoms with Gasteiger partial charge in [-0.3, -0.25) is 9.36 Å². The summed E-state index contributed by atoms with van der Waals surface area (Å²) in [4.78, 5) is 20.7. The first-order valence-electron chi connectivity index (χ1n) is 9.65. The van der Waals surface area contributed by atoms with E-state index >= 15 is 0 Å². The second-order valence-electron chi connectivity index (χ2n) is 6.67. The van der Waals surface area contributed by atoms with Crippen LogP contribution >= 0.6 is 23.1 Å². The molecule has 0 fully saturated rings. The van der Waals surface area contributed by atoms with Crippen LogP contribution in [0.5, 0.6) is 5.75 Å². The van der Waals surface area contributed by atoms with E-state index in [1.165, 1.54) is 16.9 Å². The van der Waals surface area contributed by atoms with Gasteiger partial charge in [-0.2, -0.15) is 0 Å². The summed E-state index contributed by atoms with van der Waals surface area (Å²) < 4.78 is 12.6. The maximum absolute atomic E-state index is 13.6. The van der Waals surface area contributed by atoms with Crippen LogP contribution in [0.25, 0.3) is 15.9 Å². The highest BCUT2D eigenvalue weighted by molar-refractivity contribution is 7.99. The van der Waals surface area contributed by atoms with Gasteiger partial charge in [-0.25, -0.2) is 4.98 Å². The molecule has 0 saturated heterocycles. The largest absolute Gasteiger partial charge is 0.497 e. The highest BCUT2D eigenvalue weighted by Gasteiger charge is 2.23. The third kappa shape index (κ3) is 3.71. The van der Waals surface area contributed by atoms with E-state index in [4.69, 9.17) is 14.5 Å². The first-order valence-corrected chi connectivity index (χ1v) is 11.5. The Balaban J connectivity index is 1.87. The Morgan fingerprint density at radius 1 is 1.29 bits per heavy atom. The van der Waals surface area contributed by atoms with Gasteiger partial charge in [-0.1, -0.05) is 17.8 Å². The Morgan fingerprint density at radius 2 is 2.14 bits per heavy atom. The summed E-state index contributed by atoms with van der Waals surface area (Å²) in [5, 5.41) is 1.51. The van der Waals surface area contributed by atoms with Gasteiger partial charge in [0.15, 0.2) is 5.16 Å². The molecule has 0 bridgehead atoms. The van der Waals surface area contributed by atoms with Crippen LogP contribution in [0.4, 0.5) is 0 Å². The molecule has 1 aromatic carbocycles. The number of benzene rings is 1. The maximum atomic E-state index is 13.6. The lowest BCUT2D eigenvalue weighted by atomic mass is 9.97. The summed E-state index contributed by atoms with van der Waals surface area (Å²) in [5.41, 5.74) is 2.02. The van der Waals surface area contributed by atoms with E-state index < -0.39 is 0 Å². The zero-order chi connectivity index (χ0) is 19.5. The van der Waals surface area contributed by atoms with Crippen LogP contribution in [-0.4, -0.2) is 35.6 Å². The zero-order valence-corrected chi connectivity index (χ0v) is 17.8. The van der Waals surface area contributed by atoms with Gasteiger partial charge in [0.25, 0.3) is 5.56 Å². The van der Waals surface area contributed by atoms with Crippen molar-refractivity contribution in [3.63, 3.8) is 0 Å². The summed E-state index contributed by atoms with van der Waals surface area (Å²) >= 11 is 3.25. The van der Waals surface area contributed by atoms with E-state index in [0.29, 0.717) is 18.4 Å². The Labute approximate surface area is 172 Å². The minimum absolute atomic E-state index is 0.0246. The van der Waals surface area contributed by atoms with Crippen molar-refractivity contribution in [2.75, 3.05) is 26.1 Å². The van der Waals surface area contributed by atoms with E-state index in [9.17, 15) is 4.79 Å². The van der Waals surface area contributed by atoms with Gasteiger partial charge in [-0.05, 0) is 50.3 Å². The molecular formula is C21H24N2O3S2. The van der Waals surface area contributed by atoms with Crippen molar-refractivity contribution in [1.29, 1.82) is 0 Å². The lowest BCUT2D eigenvalue weighted by Gasteiger charge is -2.14. The fraction of sp³-hybridized carbons (Fsp3) is 0.429. The van der Waals surface area contributed by atoms with Crippen molar-refractivity contribution in [1.82, 2.24) is 9.55 Å². The molecule has 0 N–H and O–H groups in total. The average molecular weight is 417 g/mol. The van der Waals surface area contributed by atoms with Crippen molar-refractivity contribution in [2.45, 2.75) is 37.8 Å². The number of fused-ring (bicyclic) bond motifs is 3. The quantitative estimate of drug-likeness (QED) is 0.323. The van der Waals surface area contributed by atoms with Crippen molar-refractivity contribution in [3.8, 4) is 11.4 Å². The Kier molecular flexibility index (Phi) is 6.04. The van der Waals surface area contributed by atoms with Gasteiger partial charge in [0.05, 0.1) is 24.8 Å². The molecule has 1 aliphatic rings. The molecule has 2 aromatic heterocycles. The number of rotatable bonds is 7. The third-order valence-corrected chi connectivity index (χ3v) is 7.02. The molecule has 0 spiro atoms. The summed E-state index contributed by atoms with van der Waals surface area (Å²) in [6.45, 7) is 3.30. The van der Waals surface area contributed by atoms with Crippen LogP contribution < -0.4 is 10.3 Å². The van der Waals surface area contributed by atoms with Gasteiger partial charge < -0.3 is 9.47 Å². The summed E-state index contributed by atoms with van der Waals surface area (Å²) in [6.07, 6.45) is 4.37. The predicted molar refractivity (Wildman–Crippen MR) is 116 cm³/mol. The van der Waals surface area contributed by atoms with Crippen LogP contribution in [-0.2, 0) is 17.6 Å². The van der Waals surface area contributed by atoms with E-state index in [2.05, 4.69) is 0 Å². The van der Waals surface area contributed by atoms with Crippen LogP contribution in [0.15, 0.2) is 34.2 Å². The molecule has 5 nitrogen and oxygen atoms in total. The SMILES string of the molecule is CCOCCSc1nc2sc3c(c2c(=O)n1-c1cccc(OC)c1)CCCC3. The van der Waals surface area contributed by atoms with E-state index in [1.54, 1.807) is 34.8 Å². The number of aryl methyl sites for hydroxylation is 2. The van der Waals surface area contributed by atoms with Crippen molar-refractivity contribution in [2.24, 2.45) is 0 Å². The van der Waals surface area contributed by atoms with Crippen LogP contribution in [0.1, 0.15) is 30.2 Å². The van der Waals surface area contributed by atoms with Crippen LogP contribution in [0.3, 0.4) is 0 Å². The topological polar surface area (TPSA) is 53.3 Å². The highest BCUT2D eigenvalue weighted by Crippen LogP contribution is 2.35. The third-order valence-electron chi connectivity index (χ3n) is 4.93. The molecule has 0 atom stereocenters. The van der Waals surface area contributed by atoms with Gasteiger partial charge in [0, 0.05) is 23.3 Å². The molecule has 0 radical (unpaired) electrons. The lowest BCUT2D eigenvalue weighted by molar-refractivity contribution is 0.164. The summed E-state index contributed by atoms with van der Waals surface area (Å²) in [6, 6.07) is 7.61. The first kappa shape index (κ1) is 19.5. The molecule has 0 aliphatic heterocycles. The Morgan fingerprint density at radius 3 is 2.96 bits per heavy atom. The monoisotopic (exact) mass is 416 g/mol. The molecule has 4 rings (SSSR count). The van der Waals surface area contributed by atoms with E-state index in [-0.39, 0.29) is 5.56 Å². The second-order valence-corrected chi connectivity index (χ2v) is 8.82. The van der Waals surface area contributed by atoms with Gasteiger partial charge in [-0.15, -0.1) is 11.3 Å². The first-order chi connectivity index (χ1) is 13.7. The summed E-state index contributed by atoms with van der Waals surface area (Å²) in [7, 11) is 1.64. The molecule has 0 saturated carbocycles. The van der Waals surface area contributed by atoms with Crippen molar-refractivity contribution in [3.05, 3.63) is 45.1 Å². The number of methoxy groups -OCH3 is 1. The maximum Gasteiger partial charge on any atom is 0.267 e. The smallest absolute Gasteiger partial charge is 0.267 e. The number of hydrogen-bond donors (Lipinski definition) is 0. The molecule has 3 aromatic rings. The second kappa shape index (κ2) is 8.68. The Bertz CT molecular complexity index is 1040. The minimum atomic E-state index is 0.0246. The molecule has 28 heavy (non-hydrogen) atoms. The molecule has 7 heteroatoms. The van der Waals surface area contributed by atoms with Crippen molar-refractivity contribution >= 4 is 33.3 Å².